The molecule has 0 aromatic heterocycles. The van der Waals surface area contributed by atoms with E-state index in [9.17, 15) is 14.7 Å². The molecule has 236 valence electrons. The Bertz CT molecular complexity index is 1480. The highest BCUT2D eigenvalue weighted by Gasteiger charge is 2.58. The molecule has 0 radical (unpaired) electrons. The molecule has 1 saturated heterocycles. The fourth-order valence-corrected chi connectivity index (χ4v) is 10.9. The topological polar surface area (TPSA) is 81.7 Å². The number of amides is 2. The summed E-state index contributed by atoms with van der Waals surface area (Å²) in [4.78, 5) is 31.3. The number of benzene rings is 2. The number of imide groups is 1. The van der Waals surface area contributed by atoms with Crippen LogP contribution in [-0.2, 0) is 33.3 Å². The molecule has 2 aromatic carbocycles. The highest BCUT2D eigenvalue weighted by molar-refractivity contribution is 6.00. The average Bonchev–Trinajstić information content (AvgIpc) is 3.01. The van der Waals surface area contributed by atoms with Crippen molar-refractivity contribution < 1.29 is 14.7 Å². The Morgan fingerprint density at radius 2 is 1.30 bits per heavy atom. The predicted octanol–water partition coefficient (Wildman–Crippen LogP) is 6.17. The van der Waals surface area contributed by atoms with Gasteiger partial charge in [-0.25, -0.2) is 0 Å². The number of aryl methyl sites for hydroxylation is 2. The van der Waals surface area contributed by atoms with Crippen LogP contribution in [0, 0.1) is 22.7 Å². The number of piperazine rings is 1. The molecule has 0 spiro atoms. The van der Waals surface area contributed by atoms with E-state index in [-0.39, 0.29) is 34.5 Å². The van der Waals surface area contributed by atoms with Gasteiger partial charge < -0.3 is 15.3 Å². The summed E-state index contributed by atoms with van der Waals surface area (Å²) in [6.07, 6.45) is 9.41. The quantitative estimate of drug-likeness (QED) is 0.369. The summed E-state index contributed by atoms with van der Waals surface area (Å²) in [6, 6.07) is 12.8. The van der Waals surface area contributed by atoms with Gasteiger partial charge in [-0.1, -0.05) is 52.7 Å². The van der Waals surface area contributed by atoms with Crippen molar-refractivity contribution in [1.29, 1.82) is 0 Å². The summed E-state index contributed by atoms with van der Waals surface area (Å²) in [5, 5.41) is 16.9. The number of hydrogen-bond acceptors (Lipinski definition) is 5. The first-order valence-corrected chi connectivity index (χ1v) is 17.3. The first-order valence-electron chi connectivity index (χ1n) is 17.3. The Morgan fingerprint density at radius 1 is 0.773 bits per heavy atom. The molecule has 7 rings (SSSR count). The maximum absolute atomic E-state index is 14.4. The first-order chi connectivity index (χ1) is 21.0. The SMILES string of the molecule is C[C@@]12CCC[C@](C)(C(=O)NC(=O)[C@@]3(C)CCC[C@]4(C)c5cc(N6CCNCC6)ccc5CC[C@@H]34)[C@H]1CCc1ccc(O)cc12. The van der Waals surface area contributed by atoms with E-state index in [1.807, 2.05) is 6.07 Å². The lowest BCUT2D eigenvalue weighted by molar-refractivity contribution is -0.150. The van der Waals surface area contributed by atoms with Gasteiger partial charge in [0, 0.05) is 31.9 Å². The third-order valence-corrected chi connectivity index (χ3v) is 13.4. The van der Waals surface area contributed by atoms with E-state index < -0.39 is 10.8 Å². The van der Waals surface area contributed by atoms with Gasteiger partial charge in [0.2, 0.25) is 11.8 Å². The number of nitrogens with zero attached hydrogens (tertiary/aromatic N) is 1. The second-order valence-electron chi connectivity index (χ2n) is 15.8. The highest BCUT2D eigenvalue weighted by atomic mass is 16.3. The number of rotatable bonds is 3. The van der Waals surface area contributed by atoms with Crippen molar-refractivity contribution in [3.63, 3.8) is 0 Å². The molecule has 6 heteroatoms. The molecule has 5 aliphatic rings. The summed E-state index contributed by atoms with van der Waals surface area (Å²) >= 11 is 0. The molecule has 1 heterocycles. The average molecular weight is 598 g/mol. The number of nitrogens with one attached hydrogen (secondary N) is 2. The lowest BCUT2D eigenvalue weighted by atomic mass is 9.49. The van der Waals surface area contributed by atoms with Crippen molar-refractivity contribution in [1.82, 2.24) is 10.6 Å². The minimum Gasteiger partial charge on any atom is -0.508 e. The summed E-state index contributed by atoms with van der Waals surface area (Å²) in [5.74, 6) is 0.451. The van der Waals surface area contributed by atoms with E-state index in [1.54, 1.807) is 6.07 Å². The van der Waals surface area contributed by atoms with Crippen molar-refractivity contribution >= 4 is 17.5 Å². The molecule has 2 aromatic rings. The molecular weight excluding hydrogens is 546 g/mol. The molecular formula is C38H51N3O3. The van der Waals surface area contributed by atoms with E-state index in [2.05, 4.69) is 67.5 Å². The number of aromatic hydroxyl groups is 1. The zero-order chi connectivity index (χ0) is 30.9. The maximum atomic E-state index is 14.4. The van der Waals surface area contributed by atoms with Gasteiger partial charge in [0.05, 0.1) is 10.8 Å². The van der Waals surface area contributed by atoms with E-state index in [1.165, 1.54) is 27.9 Å². The lowest BCUT2D eigenvalue weighted by Gasteiger charge is -2.56. The van der Waals surface area contributed by atoms with Crippen LogP contribution in [0.2, 0.25) is 0 Å². The molecule has 6 nitrogen and oxygen atoms in total. The van der Waals surface area contributed by atoms with Crippen molar-refractivity contribution in [3.8, 4) is 5.75 Å². The maximum Gasteiger partial charge on any atom is 0.232 e. The van der Waals surface area contributed by atoms with Crippen LogP contribution in [-0.4, -0.2) is 43.1 Å². The Labute approximate surface area is 263 Å². The fourth-order valence-electron chi connectivity index (χ4n) is 10.9. The Balaban J connectivity index is 1.15. The van der Waals surface area contributed by atoms with Gasteiger partial charge in [-0.2, -0.15) is 0 Å². The number of hydrogen-bond donors (Lipinski definition) is 3. The second-order valence-corrected chi connectivity index (χ2v) is 15.8. The fraction of sp³-hybridized carbons (Fsp3) is 0.632. The van der Waals surface area contributed by atoms with Gasteiger partial charge >= 0.3 is 0 Å². The normalized spacial score (nSPS) is 36.3. The van der Waals surface area contributed by atoms with Crippen molar-refractivity contribution in [2.45, 2.75) is 103 Å². The smallest absolute Gasteiger partial charge is 0.232 e. The first kappa shape index (κ1) is 29.8. The number of fused-ring (bicyclic) bond motifs is 6. The van der Waals surface area contributed by atoms with Crippen LogP contribution in [0.5, 0.6) is 5.75 Å². The standard InChI is InChI=1S/C38H51N3O3/c1-35-15-5-17-37(3,31(35)13-9-25-7-11-27(23-29(25)35)41-21-19-39-20-22-41)33(43)40-34(44)38(4)18-6-16-36(2)30-24-28(42)12-8-26(30)10-14-32(36)38/h7-8,11-12,23-24,31-32,39,42H,5-6,9-10,13-22H2,1-4H3,(H,40,43,44)/t31-,32+,35-,36+,37+,38+/m1/s1. The van der Waals surface area contributed by atoms with Crippen LogP contribution in [0.25, 0.3) is 0 Å². The van der Waals surface area contributed by atoms with Crippen LogP contribution in [0.3, 0.4) is 0 Å². The number of anilines is 1. The summed E-state index contributed by atoms with van der Waals surface area (Å²) in [6.45, 7) is 13.0. The monoisotopic (exact) mass is 597 g/mol. The molecule has 2 amide bonds. The number of phenols is 1. The van der Waals surface area contributed by atoms with Gasteiger partial charge in [-0.05, 0) is 121 Å². The molecule has 3 N–H and O–H groups in total. The van der Waals surface area contributed by atoms with E-state index >= 15 is 0 Å². The van der Waals surface area contributed by atoms with Crippen molar-refractivity contribution in [2.75, 3.05) is 31.1 Å². The predicted molar refractivity (Wildman–Crippen MR) is 175 cm³/mol. The summed E-state index contributed by atoms with van der Waals surface area (Å²) in [7, 11) is 0. The summed E-state index contributed by atoms with van der Waals surface area (Å²) < 4.78 is 0. The Hall–Kier alpha value is -2.86. The lowest BCUT2D eigenvalue weighted by Crippen LogP contribution is -2.60. The summed E-state index contributed by atoms with van der Waals surface area (Å²) in [5.41, 5.74) is 5.13. The molecule has 0 unspecified atom stereocenters. The molecule has 1 aliphatic heterocycles. The third kappa shape index (κ3) is 4.45. The van der Waals surface area contributed by atoms with Crippen LogP contribution in [0.1, 0.15) is 101 Å². The number of phenolic OH excluding ortho intramolecular Hbond substituents is 1. The van der Waals surface area contributed by atoms with Crippen LogP contribution >= 0.6 is 0 Å². The second kappa shape index (κ2) is 10.6. The van der Waals surface area contributed by atoms with E-state index in [0.717, 1.165) is 90.4 Å². The van der Waals surface area contributed by atoms with E-state index in [0.29, 0.717) is 5.75 Å². The highest BCUT2D eigenvalue weighted by Crippen LogP contribution is 2.59. The van der Waals surface area contributed by atoms with Gasteiger partial charge in [0.15, 0.2) is 0 Å². The largest absolute Gasteiger partial charge is 0.508 e. The van der Waals surface area contributed by atoms with Gasteiger partial charge in [0.25, 0.3) is 0 Å². The molecule has 3 fully saturated rings. The van der Waals surface area contributed by atoms with Crippen LogP contribution in [0.15, 0.2) is 36.4 Å². The Morgan fingerprint density at radius 3 is 1.86 bits per heavy atom. The minimum absolute atomic E-state index is 0.0671. The van der Waals surface area contributed by atoms with E-state index in [4.69, 9.17) is 0 Å². The molecule has 6 atom stereocenters. The van der Waals surface area contributed by atoms with Gasteiger partial charge in [-0.15, -0.1) is 0 Å². The van der Waals surface area contributed by atoms with Gasteiger partial charge in [0.1, 0.15) is 5.75 Å². The Kier molecular flexibility index (Phi) is 7.19. The van der Waals surface area contributed by atoms with Gasteiger partial charge in [-0.3, -0.25) is 14.9 Å². The number of carbonyl (C=O) groups excluding carboxylic acids is 2. The molecule has 4 aliphatic carbocycles. The number of carbonyl (C=O) groups is 2. The third-order valence-electron chi connectivity index (χ3n) is 13.4. The van der Waals surface area contributed by atoms with Crippen LogP contribution in [0.4, 0.5) is 5.69 Å². The molecule has 44 heavy (non-hydrogen) atoms. The zero-order valence-electron chi connectivity index (χ0n) is 27.2. The molecule has 2 saturated carbocycles. The minimum atomic E-state index is -0.627. The molecule has 0 bridgehead atoms. The van der Waals surface area contributed by atoms with Crippen molar-refractivity contribution in [3.05, 3.63) is 58.7 Å². The zero-order valence-corrected chi connectivity index (χ0v) is 27.2. The van der Waals surface area contributed by atoms with Crippen molar-refractivity contribution in [2.24, 2.45) is 22.7 Å². The van der Waals surface area contributed by atoms with Crippen LogP contribution < -0.4 is 15.5 Å².